The Morgan fingerprint density at radius 3 is 1.86 bits per heavy atom. The average Bonchev–Trinajstić information content (AvgIpc) is 1.37. The maximum absolute atomic E-state index is 8.81. The second kappa shape index (κ2) is 23.5. The van der Waals surface area contributed by atoms with Gasteiger partial charge in [-0.2, -0.15) is 0 Å². The maximum atomic E-state index is 8.81. The molecule has 0 heterocycles. The number of carbonyl (C=O) groups excluding carboxylic acids is 1. The predicted molar refractivity (Wildman–Crippen MR) is 19.0 cm³/mol. The van der Waals surface area contributed by atoms with Gasteiger partial charge in [0.25, 0.3) is 0 Å². The third-order valence-corrected chi connectivity index (χ3v) is 0.0527. The van der Waals surface area contributed by atoms with Crippen molar-refractivity contribution in [2.75, 3.05) is 0 Å². The van der Waals surface area contributed by atoms with Crippen LogP contribution in [-0.4, -0.2) is 49.4 Å². The number of hydroxylamine groups is 1. The molecule has 0 radical (unpaired) electrons. The molecule has 0 saturated heterocycles. The molecule has 0 aromatic heterocycles. The summed E-state index contributed by atoms with van der Waals surface area (Å²) in [7, 11) is 0. The van der Waals surface area contributed by atoms with Gasteiger partial charge in [-0.15, -0.1) is 0 Å². The molecule has 0 rings (SSSR count). The molecule has 0 aromatic carbocycles. The summed E-state index contributed by atoms with van der Waals surface area (Å²) in [5.74, 6) is 0. The Bertz CT molecular complexity index is 38.5. The van der Waals surface area contributed by atoms with Gasteiger partial charge in [0.15, 0.2) is 0 Å². The van der Waals surface area contributed by atoms with Gasteiger partial charge in [0, 0.05) is 0 Å². The smallest absolute Gasteiger partial charge is 1.00 e. The van der Waals surface area contributed by atoms with E-state index in [2.05, 4.69) is 0 Å². The zero-order valence-corrected chi connectivity index (χ0v) is 10.1. The maximum Gasteiger partial charge on any atom is 2.00 e. The minimum atomic E-state index is 0. The van der Waals surface area contributed by atoms with Crippen molar-refractivity contribution in [2.24, 2.45) is 0 Å². The van der Waals surface area contributed by atoms with Crippen LogP contribution in [0.25, 0.3) is 0 Å². The standard InChI is InChI=1S/CH3NO2.Ca.ClH.K.2H/c3-1-2-4;;;;;/h1,4H,(H,2,3);;1H;;;/q;+2;;+1;2*-1/p-1. The van der Waals surface area contributed by atoms with Crippen molar-refractivity contribution < 1.29 is 76.6 Å². The summed E-state index contributed by atoms with van der Waals surface area (Å²) in [6, 6.07) is 0. The molecule has 0 bridgehead atoms. The first kappa shape index (κ1) is 22.6. The molecular formula is CH5CaClKNO2. The van der Waals surface area contributed by atoms with Crippen molar-refractivity contribution in [1.82, 2.24) is 5.48 Å². The van der Waals surface area contributed by atoms with Gasteiger partial charge in [-0.05, 0) is 0 Å². The van der Waals surface area contributed by atoms with Gasteiger partial charge in [0.2, 0.25) is 6.41 Å². The molecule has 0 aliphatic heterocycles. The van der Waals surface area contributed by atoms with Crippen molar-refractivity contribution in [3.8, 4) is 0 Å². The number of rotatable bonds is 1. The zero-order chi connectivity index (χ0) is 3.41. The molecule has 0 spiro atoms. The van der Waals surface area contributed by atoms with Crippen LogP contribution >= 0.6 is 0 Å². The fourth-order valence-corrected chi connectivity index (χ4v) is 0. The van der Waals surface area contributed by atoms with Crippen LogP contribution in [-0.2, 0) is 4.79 Å². The Hall–Kier alpha value is 2.62. The first-order valence-corrected chi connectivity index (χ1v) is 0.748. The van der Waals surface area contributed by atoms with Crippen LogP contribution in [0.1, 0.15) is 2.85 Å². The summed E-state index contributed by atoms with van der Waals surface area (Å²) >= 11 is 0. The van der Waals surface area contributed by atoms with Crippen molar-refractivity contribution in [2.45, 2.75) is 0 Å². The van der Waals surface area contributed by atoms with Crippen molar-refractivity contribution in [3.63, 3.8) is 0 Å². The van der Waals surface area contributed by atoms with Crippen LogP contribution < -0.4 is 69.3 Å². The first-order chi connectivity index (χ1) is 1.91. The number of carbonyl (C=O) groups is 1. The predicted octanol–water partition coefficient (Wildman–Crippen LogP) is -7.03. The van der Waals surface area contributed by atoms with Crippen molar-refractivity contribution in [3.05, 3.63) is 0 Å². The Morgan fingerprint density at radius 1 is 1.71 bits per heavy atom. The van der Waals surface area contributed by atoms with Crippen LogP contribution in [0.15, 0.2) is 0 Å². The Balaban J connectivity index is -0.00000000450. The second-order valence-electron chi connectivity index (χ2n) is 0.247. The van der Waals surface area contributed by atoms with Crippen LogP contribution in [0.4, 0.5) is 0 Å². The number of hydrogen-bond acceptors (Lipinski definition) is 2. The quantitative estimate of drug-likeness (QED) is 0.181. The molecule has 3 nitrogen and oxygen atoms in total. The fourth-order valence-electron chi connectivity index (χ4n) is 0. The Labute approximate surface area is 123 Å². The molecule has 0 aliphatic carbocycles. The van der Waals surface area contributed by atoms with E-state index in [0.29, 0.717) is 0 Å². The van der Waals surface area contributed by atoms with Crippen molar-refractivity contribution >= 4 is 44.1 Å². The molecule has 0 aliphatic rings. The molecule has 7 heavy (non-hydrogen) atoms. The number of hydrogen-bond donors (Lipinski definition) is 2. The van der Waals surface area contributed by atoms with Gasteiger partial charge in [-0.1, -0.05) is 0 Å². The van der Waals surface area contributed by atoms with Gasteiger partial charge in [0.1, 0.15) is 0 Å². The first-order valence-electron chi connectivity index (χ1n) is 0.748. The molecule has 36 valence electrons. The van der Waals surface area contributed by atoms with Gasteiger partial charge >= 0.3 is 89.1 Å². The van der Waals surface area contributed by atoms with Crippen LogP contribution in [0.3, 0.4) is 0 Å². The van der Waals surface area contributed by atoms with Crippen LogP contribution in [0, 0.1) is 0 Å². The van der Waals surface area contributed by atoms with E-state index in [1.54, 1.807) is 0 Å². The molecule has 0 aromatic rings. The molecule has 1 amide bonds. The fraction of sp³-hybridized carbons (Fsp3) is 0. The second-order valence-corrected chi connectivity index (χ2v) is 0.247. The van der Waals surface area contributed by atoms with E-state index in [0.717, 1.165) is 0 Å². The van der Waals surface area contributed by atoms with Crippen LogP contribution in [0.5, 0.6) is 0 Å². The van der Waals surface area contributed by atoms with Gasteiger partial charge < -0.3 is 15.3 Å². The molecule has 0 unspecified atom stereocenters. The normalized spacial score (nSPS) is 3.00. The largest absolute Gasteiger partial charge is 2.00 e. The monoisotopic (exact) mass is 177 g/mol. The Morgan fingerprint density at radius 2 is 1.86 bits per heavy atom. The van der Waals surface area contributed by atoms with E-state index in [1.165, 1.54) is 5.48 Å². The molecule has 2 N–H and O–H groups in total. The van der Waals surface area contributed by atoms with Gasteiger partial charge in [-0.25, -0.2) is 5.48 Å². The number of nitrogens with one attached hydrogen (secondary N) is 1. The van der Waals surface area contributed by atoms with E-state index in [-0.39, 0.29) is 111 Å². The summed E-state index contributed by atoms with van der Waals surface area (Å²) < 4.78 is 0. The SMILES string of the molecule is O=CNO.[Ca+2].[Cl-].[H-].[H-].[K+]. The summed E-state index contributed by atoms with van der Waals surface area (Å²) in [6.07, 6.45) is 0.181. The minimum Gasteiger partial charge on any atom is -1.00 e. The number of halogens is 1. The van der Waals surface area contributed by atoms with E-state index >= 15 is 0 Å². The molecular weight excluding hydrogens is 173 g/mol. The third-order valence-electron chi connectivity index (χ3n) is 0.0527. The molecule has 0 fully saturated rings. The molecule has 6 heteroatoms. The van der Waals surface area contributed by atoms with Gasteiger partial charge in [0.05, 0.1) is 0 Å². The summed E-state index contributed by atoms with van der Waals surface area (Å²) in [5.41, 5.74) is 1.25. The molecule has 0 atom stereocenters. The topological polar surface area (TPSA) is 49.3 Å². The van der Waals surface area contributed by atoms with E-state index in [1.807, 2.05) is 0 Å². The Kier molecular flexibility index (Phi) is 75.8. The summed E-state index contributed by atoms with van der Waals surface area (Å²) in [5, 5.41) is 7.26. The van der Waals surface area contributed by atoms with E-state index in [4.69, 9.17) is 10.0 Å². The average molecular weight is 178 g/mol. The van der Waals surface area contributed by atoms with Crippen molar-refractivity contribution in [1.29, 1.82) is 0 Å². The summed E-state index contributed by atoms with van der Waals surface area (Å²) in [6.45, 7) is 0. The van der Waals surface area contributed by atoms with Crippen LogP contribution in [0.2, 0.25) is 0 Å². The third kappa shape index (κ3) is 28.8. The minimum absolute atomic E-state index is 0. The van der Waals surface area contributed by atoms with E-state index in [9.17, 15) is 0 Å². The van der Waals surface area contributed by atoms with E-state index < -0.39 is 0 Å². The number of amides is 1. The van der Waals surface area contributed by atoms with Gasteiger partial charge in [-0.3, -0.25) is 10.0 Å². The summed E-state index contributed by atoms with van der Waals surface area (Å²) in [4.78, 5) is 8.81. The molecule has 0 saturated carbocycles. The zero-order valence-electron chi connectivity index (χ0n) is 6.02.